The van der Waals surface area contributed by atoms with Crippen LogP contribution in [-0.4, -0.2) is 20.5 Å². The van der Waals surface area contributed by atoms with Gasteiger partial charge in [-0.25, -0.2) is 12.8 Å². The van der Waals surface area contributed by atoms with Gasteiger partial charge >= 0.3 is 0 Å². The second kappa shape index (κ2) is 8.35. The topological polar surface area (TPSA) is 68.3 Å². The van der Waals surface area contributed by atoms with Crippen LogP contribution >= 0.6 is 0 Å². The van der Waals surface area contributed by atoms with Crippen LogP contribution in [0.5, 0.6) is 5.75 Å². The maximum Gasteiger partial charge on any atom is 0.210 e. The van der Waals surface area contributed by atoms with E-state index in [-0.39, 0.29) is 15.6 Å². The number of benzene rings is 3. The van der Waals surface area contributed by atoms with Crippen LogP contribution in [0.15, 0.2) is 82.7 Å². The highest BCUT2D eigenvalue weighted by molar-refractivity contribution is 7.91. The fourth-order valence-corrected chi connectivity index (χ4v) is 4.69. The van der Waals surface area contributed by atoms with Crippen molar-refractivity contribution in [1.82, 2.24) is 4.98 Å². The average molecular weight is 437 g/mol. The monoisotopic (exact) mass is 436 g/mol. The summed E-state index contributed by atoms with van der Waals surface area (Å²) in [4.78, 5) is 4.57. The van der Waals surface area contributed by atoms with Gasteiger partial charge in [-0.1, -0.05) is 19.1 Å². The van der Waals surface area contributed by atoms with E-state index in [4.69, 9.17) is 4.74 Å². The molecule has 7 heteroatoms. The van der Waals surface area contributed by atoms with Crippen LogP contribution in [0.4, 0.5) is 15.8 Å². The maximum atomic E-state index is 13.5. The molecular formula is C24H21FN2O3S. The number of aryl methyl sites for hydroxylation is 1. The number of hydrogen-bond donors (Lipinski definition) is 1. The fourth-order valence-electron chi connectivity index (χ4n) is 3.32. The van der Waals surface area contributed by atoms with Gasteiger partial charge in [0, 0.05) is 17.3 Å². The van der Waals surface area contributed by atoms with Crippen LogP contribution in [0, 0.1) is 5.82 Å². The lowest BCUT2D eigenvalue weighted by Crippen LogP contribution is -2.07. The molecule has 0 saturated carbocycles. The van der Waals surface area contributed by atoms with E-state index in [1.807, 2.05) is 6.92 Å². The average Bonchev–Trinajstić information content (AvgIpc) is 2.80. The molecule has 1 heterocycles. The Balaban J connectivity index is 1.93. The summed E-state index contributed by atoms with van der Waals surface area (Å²) in [6.07, 6.45) is 2.17. The largest absolute Gasteiger partial charge is 0.497 e. The number of anilines is 2. The highest BCUT2D eigenvalue weighted by atomic mass is 32.2. The summed E-state index contributed by atoms with van der Waals surface area (Å²) in [6, 6.07) is 17.8. The number of rotatable bonds is 6. The molecule has 158 valence electrons. The fraction of sp³-hybridized carbons (Fsp3) is 0.125. The van der Waals surface area contributed by atoms with Crippen molar-refractivity contribution in [2.24, 2.45) is 0 Å². The number of fused-ring (bicyclic) bond motifs is 1. The number of sulfone groups is 1. The van der Waals surface area contributed by atoms with Gasteiger partial charge in [0.1, 0.15) is 16.5 Å². The minimum absolute atomic E-state index is 0.0295. The zero-order chi connectivity index (χ0) is 22.0. The molecule has 0 aliphatic rings. The maximum absolute atomic E-state index is 13.5. The molecule has 4 rings (SSSR count). The molecule has 0 aliphatic heterocycles. The molecule has 1 N–H and O–H groups in total. The first-order valence-electron chi connectivity index (χ1n) is 9.75. The molecule has 4 aromatic rings. The summed E-state index contributed by atoms with van der Waals surface area (Å²) in [5, 5.41) is 3.73. The van der Waals surface area contributed by atoms with Gasteiger partial charge < -0.3 is 10.1 Å². The van der Waals surface area contributed by atoms with E-state index < -0.39 is 9.84 Å². The van der Waals surface area contributed by atoms with Gasteiger partial charge in [0.15, 0.2) is 0 Å². The molecule has 0 fully saturated rings. The summed E-state index contributed by atoms with van der Waals surface area (Å²) < 4.78 is 45.8. The van der Waals surface area contributed by atoms with E-state index >= 15 is 0 Å². The van der Waals surface area contributed by atoms with Crippen molar-refractivity contribution in [1.29, 1.82) is 0 Å². The lowest BCUT2D eigenvalue weighted by atomic mass is 10.1. The molecule has 0 atom stereocenters. The summed E-state index contributed by atoms with van der Waals surface area (Å²) in [7, 11) is -2.33. The number of methoxy groups -OCH3 is 1. The first kappa shape index (κ1) is 20.8. The molecule has 5 nitrogen and oxygen atoms in total. The minimum atomic E-state index is -3.87. The lowest BCUT2D eigenvalue weighted by molar-refractivity contribution is 0.415. The van der Waals surface area contributed by atoms with Gasteiger partial charge in [0.05, 0.1) is 23.2 Å². The normalized spacial score (nSPS) is 11.5. The first-order valence-corrected chi connectivity index (χ1v) is 11.2. The Bertz CT molecular complexity index is 1340. The van der Waals surface area contributed by atoms with Crippen molar-refractivity contribution >= 4 is 32.1 Å². The van der Waals surface area contributed by atoms with Crippen molar-refractivity contribution < 1.29 is 17.5 Å². The van der Waals surface area contributed by atoms with E-state index in [1.54, 1.807) is 54.6 Å². The molecular weight excluding hydrogens is 415 g/mol. The molecule has 0 spiro atoms. The number of ether oxygens (including phenoxy) is 1. The van der Waals surface area contributed by atoms with E-state index in [9.17, 15) is 12.8 Å². The third kappa shape index (κ3) is 4.09. The van der Waals surface area contributed by atoms with Gasteiger partial charge in [-0.2, -0.15) is 0 Å². The van der Waals surface area contributed by atoms with Crippen LogP contribution in [0.2, 0.25) is 0 Å². The molecule has 0 amide bonds. The number of hydrogen-bond acceptors (Lipinski definition) is 5. The summed E-state index contributed by atoms with van der Waals surface area (Å²) in [6.45, 7) is 2.01. The van der Waals surface area contributed by atoms with Crippen molar-refractivity contribution in [3.63, 3.8) is 0 Å². The smallest absolute Gasteiger partial charge is 0.210 e. The van der Waals surface area contributed by atoms with Crippen LogP contribution in [-0.2, 0) is 16.3 Å². The first-order chi connectivity index (χ1) is 14.9. The number of pyridine rings is 1. The number of halogens is 1. The van der Waals surface area contributed by atoms with Crippen LogP contribution in [0.1, 0.15) is 12.5 Å². The number of nitrogens with one attached hydrogen (secondary N) is 1. The van der Waals surface area contributed by atoms with Crippen molar-refractivity contribution in [3.8, 4) is 5.75 Å². The van der Waals surface area contributed by atoms with Gasteiger partial charge in [-0.05, 0) is 66.6 Å². The number of nitrogens with zero attached hydrogens (tertiary/aromatic N) is 1. The Morgan fingerprint density at radius 3 is 2.35 bits per heavy atom. The van der Waals surface area contributed by atoms with Gasteiger partial charge in [0.25, 0.3) is 0 Å². The molecule has 0 radical (unpaired) electrons. The highest BCUT2D eigenvalue weighted by Crippen LogP contribution is 2.36. The Morgan fingerprint density at radius 2 is 1.71 bits per heavy atom. The molecule has 0 unspecified atom stereocenters. The van der Waals surface area contributed by atoms with Crippen LogP contribution in [0.25, 0.3) is 10.9 Å². The Hall–Kier alpha value is -3.45. The zero-order valence-electron chi connectivity index (χ0n) is 17.1. The summed E-state index contributed by atoms with van der Waals surface area (Å²) in [5.41, 5.74) is 2.56. The predicted octanol–water partition coefficient (Wildman–Crippen LogP) is 5.52. The molecule has 3 aromatic carbocycles. The van der Waals surface area contributed by atoms with Crippen LogP contribution in [0.3, 0.4) is 0 Å². The molecule has 0 saturated heterocycles. The Labute approximate surface area is 180 Å². The number of aromatic nitrogens is 1. The summed E-state index contributed by atoms with van der Waals surface area (Å²) >= 11 is 0. The molecule has 1 aromatic heterocycles. The molecule has 0 bridgehead atoms. The quantitative estimate of drug-likeness (QED) is 0.431. The van der Waals surface area contributed by atoms with Crippen molar-refractivity contribution in [3.05, 3.63) is 84.3 Å². The third-order valence-corrected chi connectivity index (χ3v) is 6.87. The van der Waals surface area contributed by atoms with Crippen LogP contribution < -0.4 is 10.1 Å². The summed E-state index contributed by atoms with van der Waals surface area (Å²) in [5.74, 6) is 0.189. The minimum Gasteiger partial charge on any atom is -0.497 e. The van der Waals surface area contributed by atoms with E-state index in [0.717, 1.165) is 12.0 Å². The lowest BCUT2D eigenvalue weighted by Gasteiger charge is -2.16. The Kier molecular flexibility index (Phi) is 5.61. The second-order valence-electron chi connectivity index (χ2n) is 7.01. The molecule has 0 aliphatic carbocycles. The predicted molar refractivity (Wildman–Crippen MR) is 119 cm³/mol. The SMILES string of the molecule is CCc1ccc(S(=O)(=O)c2cnc3ccc(OC)cc3c2Nc2ccc(F)cc2)cc1. The zero-order valence-corrected chi connectivity index (χ0v) is 17.9. The second-order valence-corrected chi connectivity index (χ2v) is 8.93. The Morgan fingerprint density at radius 1 is 1.00 bits per heavy atom. The van der Waals surface area contributed by atoms with Crippen molar-refractivity contribution in [2.45, 2.75) is 23.1 Å². The third-order valence-electron chi connectivity index (χ3n) is 5.09. The van der Waals surface area contributed by atoms with Gasteiger partial charge in [0.2, 0.25) is 9.84 Å². The van der Waals surface area contributed by atoms with Gasteiger partial charge in [-0.3, -0.25) is 4.98 Å². The van der Waals surface area contributed by atoms with Gasteiger partial charge in [-0.15, -0.1) is 0 Å². The van der Waals surface area contributed by atoms with E-state index in [1.165, 1.54) is 25.4 Å². The van der Waals surface area contributed by atoms with E-state index in [2.05, 4.69) is 10.3 Å². The van der Waals surface area contributed by atoms with E-state index in [0.29, 0.717) is 28.0 Å². The molecule has 31 heavy (non-hydrogen) atoms. The highest BCUT2D eigenvalue weighted by Gasteiger charge is 2.24. The van der Waals surface area contributed by atoms with Crippen molar-refractivity contribution in [2.75, 3.05) is 12.4 Å². The standard InChI is InChI=1S/C24H21FN2O3S/c1-3-16-4-11-20(12-5-16)31(28,29)23-15-26-22-13-10-19(30-2)14-21(22)24(23)27-18-8-6-17(25)7-9-18/h4-15H,3H2,1-2H3,(H,26,27).